The lowest BCUT2D eigenvalue weighted by Crippen LogP contribution is -2.48. The summed E-state index contributed by atoms with van der Waals surface area (Å²) in [7, 11) is 9.03. The van der Waals surface area contributed by atoms with Crippen molar-refractivity contribution in [1.82, 2.24) is 14.7 Å². The molecule has 0 aromatic rings. The zero-order chi connectivity index (χ0) is 35.4. The number of ketones is 1. The zero-order valence-corrected chi connectivity index (χ0v) is 28.7. The van der Waals surface area contributed by atoms with Gasteiger partial charge in [0.2, 0.25) is 0 Å². The van der Waals surface area contributed by atoms with Crippen LogP contribution < -0.4 is 0 Å². The van der Waals surface area contributed by atoms with E-state index in [1.54, 1.807) is 63.5 Å². The Bertz CT molecular complexity index is 983. The van der Waals surface area contributed by atoms with E-state index in [1.807, 2.05) is 0 Å². The molecule has 3 saturated heterocycles. The summed E-state index contributed by atoms with van der Waals surface area (Å²) >= 11 is 0. The fourth-order valence-electron chi connectivity index (χ4n) is 6.71. The van der Waals surface area contributed by atoms with Crippen molar-refractivity contribution in [2.45, 2.75) is 88.7 Å². The number of methoxy groups -OCH3 is 3. The largest absolute Gasteiger partial charge is 0.468 e. The summed E-state index contributed by atoms with van der Waals surface area (Å²) in [6.45, 7) is 10.4. The number of carbonyl (C=O) groups is 4. The fourth-order valence-corrected chi connectivity index (χ4v) is 6.71. The number of likely N-dealkylation sites (N-methyl/N-ethyl adjacent to an activating group) is 3. The first-order valence-electron chi connectivity index (χ1n) is 14.8. The van der Waals surface area contributed by atoms with Crippen LogP contribution >= 0.6 is 0 Å². The number of ether oxygens (including phenoxy) is 3. The highest BCUT2D eigenvalue weighted by molar-refractivity contribution is 5.94. The Morgan fingerprint density at radius 2 is 0.933 bits per heavy atom. The van der Waals surface area contributed by atoms with E-state index >= 15 is 0 Å². The van der Waals surface area contributed by atoms with E-state index in [4.69, 9.17) is 0 Å². The number of esters is 3. The molecule has 45 heavy (non-hydrogen) atoms. The number of likely N-dealkylation sites (tertiary alicyclic amines) is 3. The van der Waals surface area contributed by atoms with Crippen LogP contribution in [0.1, 0.15) is 41.5 Å². The van der Waals surface area contributed by atoms with Crippen LogP contribution in [0.2, 0.25) is 0 Å². The first-order chi connectivity index (χ1) is 20.4. The second-order valence-electron chi connectivity index (χ2n) is 13.8. The van der Waals surface area contributed by atoms with E-state index in [2.05, 4.69) is 14.2 Å². The third kappa shape index (κ3) is 9.88. The molecule has 0 spiro atoms. The fraction of sp³-hybridized carbons (Fsp3) is 0.867. The van der Waals surface area contributed by atoms with E-state index in [9.17, 15) is 44.7 Å². The first-order valence-corrected chi connectivity index (χ1v) is 14.8. The van der Waals surface area contributed by atoms with Gasteiger partial charge in [0.15, 0.2) is 5.78 Å². The Labute approximate surface area is 266 Å². The van der Waals surface area contributed by atoms with Crippen LogP contribution in [-0.4, -0.2) is 173 Å². The number of aliphatic hydroxyl groups excluding tert-OH is 2. The minimum atomic E-state index is -1.21. The summed E-state index contributed by atoms with van der Waals surface area (Å²) in [5, 5.41) is 49.3. The normalized spacial score (nSPS) is 31.4. The van der Waals surface area contributed by atoms with Gasteiger partial charge in [-0.25, -0.2) is 0 Å². The average Bonchev–Trinajstić information content (AvgIpc) is 3.50. The van der Waals surface area contributed by atoms with Crippen LogP contribution in [0.4, 0.5) is 0 Å². The van der Waals surface area contributed by atoms with Crippen LogP contribution in [0.25, 0.3) is 0 Å². The van der Waals surface area contributed by atoms with Gasteiger partial charge in [0.25, 0.3) is 0 Å². The number of hydrogen-bond acceptors (Lipinski definition) is 15. The quantitative estimate of drug-likeness (QED) is 0.154. The predicted molar refractivity (Wildman–Crippen MR) is 162 cm³/mol. The van der Waals surface area contributed by atoms with E-state index < -0.39 is 82.8 Å². The molecule has 0 aliphatic carbocycles. The highest BCUT2D eigenvalue weighted by Crippen LogP contribution is 2.34. The molecule has 3 fully saturated rings. The molecule has 0 saturated carbocycles. The van der Waals surface area contributed by atoms with Gasteiger partial charge in [0, 0.05) is 24.9 Å². The molecule has 0 amide bonds. The standard InChI is InChI=1S/2C10H19NO4.C10H17NO4/c3*1-10(2,14)7-6(12)5-11(3)8(7)9(13)15-4/h2*6-8,12,14H,5H2,1-4H3;7-8,14H,5H2,1-4H3/t6-,7+,8+;6-,7-,8-;7-,8-/m100/s1. The molecule has 262 valence electrons. The smallest absolute Gasteiger partial charge is 0.323 e. The van der Waals surface area contributed by atoms with Crippen molar-refractivity contribution in [3.05, 3.63) is 0 Å². The average molecular weight is 650 g/mol. The lowest BCUT2D eigenvalue weighted by molar-refractivity contribution is -0.151. The third-order valence-corrected chi connectivity index (χ3v) is 8.67. The highest BCUT2D eigenvalue weighted by Gasteiger charge is 2.52. The Morgan fingerprint density at radius 1 is 0.622 bits per heavy atom. The van der Waals surface area contributed by atoms with Gasteiger partial charge in [-0.05, 0) is 62.7 Å². The van der Waals surface area contributed by atoms with Crippen LogP contribution in [0.15, 0.2) is 0 Å². The second-order valence-corrected chi connectivity index (χ2v) is 13.8. The molecule has 0 bridgehead atoms. The van der Waals surface area contributed by atoms with Crippen molar-refractivity contribution < 1.29 is 58.9 Å². The maximum absolute atomic E-state index is 11.7. The summed E-state index contributed by atoms with van der Waals surface area (Å²) in [6, 6.07) is -1.84. The lowest BCUT2D eigenvalue weighted by Gasteiger charge is -2.32. The Balaban J connectivity index is 0.000000337. The molecule has 0 aromatic heterocycles. The molecular weight excluding hydrogens is 594 g/mol. The number of rotatable bonds is 6. The Hall–Kier alpha value is -2.24. The van der Waals surface area contributed by atoms with Gasteiger partial charge in [-0.1, -0.05) is 0 Å². The van der Waals surface area contributed by atoms with Crippen molar-refractivity contribution in [2.24, 2.45) is 17.8 Å². The monoisotopic (exact) mass is 649 g/mol. The molecule has 3 heterocycles. The minimum Gasteiger partial charge on any atom is -0.468 e. The van der Waals surface area contributed by atoms with Gasteiger partial charge in [0.05, 0.1) is 62.8 Å². The second kappa shape index (κ2) is 15.6. The highest BCUT2D eigenvalue weighted by atomic mass is 16.5. The van der Waals surface area contributed by atoms with Crippen molar-refractivity contribution in [3.63, 3.8) is 0 Å². The van der Waals surface area contributed by atoms with Gasteiger partial charge in [0.1, 0.15) is 18.1 Å². The molecule has 0 unspecified atom stereocenters. The molecule has 8 atom stereocenters. The molecule has 3 aliphatic rings. The Kier molecular flexibility index (Phi) is 14.1. The molecule has 15 nitrogen and oxygen atoms in total. The molecule has 0 radical (unpaired) electrons. The number of β-amino-alcohol motifs (C(OH)–C–C–N with tert-alkyl or cyclic N) is 2. The minimum absolute atomic E-state index is 0.125. The molecule has 5 N–H and O–H groups in total. The number of hydrogen-bond donors (Lipinski definition) is 5. The predicted octanol–water partition coefficient (Wildman–Crippen LogP) is -2.13. The maximum atomic E-state index is 11.7. The van der Waals surface area contributed by atoms with Crippen molar-refractivity contribution in [1.29, 1.82) is 0 Å². The summed E-state index contributed by atoms with van der Waals surface area (Å²) in [4.78, 5) is 51.3. The van der Waals surface area contributed by atoms with E-state index in [1.165, 1.54) is 35.2 Å². The van der Waals surface area contributed by atoms with Crippen molar-refractivity contribution >= 4 is 23.7 Å². The number of aliphatic hydroxyl groups is 5. The molecule has 0 aromatic carbocycles. The summed E-state index contributed by atoms with van der Waals surface area (Å²) in [6.07, 6.45) is -1.42. The first kappa shape index (κ1) is 40.8. The van der Waals surface area contributed by atoms with Gasteiger partial charge < -0.3 is 39.7 Å². The SMILES string of the molecule is COC(=O)[C@@H]1[C@@H](C(C)(C)O)C(=O)CN1C.COC(=O)[C@@H]1[C@@H](C(C)(C)O)[C@@H](O)CN1C.COC(=O)[C@@H]1[C@@H](C(C)(C)O)[C@H](O)CN1C. The van der Waals surface area contributed by atoms with Gasteiger partial charge in [-0.15, -0.1) is 0 Å². The van der Waals surface area contributed by atoms with Crippen LogP contribution in [0.5, 0.6) is 0 Å². The molecule has 15 heteroatoms. The van der Waals surface area contributed by atoms with Crippen molar-refractivity contribution in [2.75, 3.05) is 62.1 Å². The summed E-state index contributed by atoms with van der Waals surface area (Å²) in [5.41, 5.74) is -3.42. The van der Waals surface area contributed by atoms with E-state index in [0.29, 0.717) is 13.1 Å². The molecule has 3 aliphatic heterocycles. The number of nitrogens with zero attached hydrogens (tertiary/aromatic N) is 3. The number of carbonyl (C=O) groups excluding carboxylic acids is 4. The van der Waals surface area contributed by atoms with Gasteiger partial charge in [-0.3, -0.25) is 33.9 Å². The molecule has 3 rings (SSSR count). The molecular formula is C30H55N3O12. The summed E-state index contributed by atoms with van der Waals surface area (Å²) in [5.74, 6) is -3.18. The van der Waals surface area contributed by atoms with Crippen LogP contribution in [-0.2, 0) is 33.4 Å². The van der Waals surface area contributed by atoms with Crippen LogP contribution in [0.3, 0.4) is 0 Å². The van der Waals surface area contributed by atoms with E-state index in [-0.39, 0.29) is 12.3 Å². The van der Waals surface area contributed by atoms with Crippen LogP contribution in [0, 0.1) is 17.8 Å². The van der Waals surface area contributed by atoms with Crippen molar-refractivity contribution in [3.8, 4) is 0 Å². The van der Waals surface area contributed by atoms with E-state index in [0.717, 1.165) is 0 Å². The zero-order valence-electron chi connectivity index (χ0n) is 28.7. The summed E-state index contributed by atoms with van der Waals surface area (Å²) < 4.78 is 14.0. The maximum Gasteiger partial charge on any atom is 0.323 e. The Morgan fingerprint density at radius 3 is 1.20 bits per heavy atom. The third-order valence-electron chi connectivity index (χ3n) is 8.67. The van der Waals surface area contributed by atoms with Gasteiger partial charge >= 0.3 is 17.9 Å². The topological polar surface area (TPSA) is 207 Å². The number of Topliss-reactive ketones (excluding diaryl/α,β-unsaturated/α-hetero) is 1. The lowest BCUT2D eigenvalue weighted by atomic mass is 9.83. The van der Waals surface area contributed by atoms with Gasteiger partial charge in [-0.2, -0.15) is 0 Å².